The lowest BCUT2D eigenvalue weighted by atomic mass is 10.6. The predicted octanol–water partition coefficient (Wildman–Crippen LogP) is 2.58. The molecule has 0 aliphatic rings. The molecular weight excluding hydrogens is 324 g/mol. The molecule has 0 saturated carbocycles. The molecule has 0 bridgehead atoms. The Balaban J connectivity index is -0.0000000927. The molecule has 0 saturated heterocycles. The Morgan fingerprint density at radius 3 is 1.15 bits per heavy atom. The highest BCUT2D eigenvalue weighted by Crippen LogP contribution is 1.84. The van der Waals surface area contributed by atoms with Crippen molar-refractivity contribution in [1.29, 1.82) is 0 Å². The average Bonchev–Trinajstić information content (AvgIpc) is 2.16. The van der Waals surface area contributed by atoms with E-state index >= 15 is 0 Å². The van der Waals surface area contributed by atoms with Gasteiger partial charge >= 0.3 is 0 Å². The van der Waals surface area contributed by atoms with E-state index < -0.39 is 20.2 Å². The molecule has 20 heavy (non-hydrogen) atoms. The van der Waals surface area contributed by atoms with Gasteiger partial charge in [-0.2, -0.15) is 21.0 Å². The van der Waals surface area contributed by atoms with Crippen molar-refractivity contribution in [1.82, 2.24) is 0 Å². The lowest BCUT2D eigenvalue weighted by Crippen LogP contribution is -2.01. The van der Waals surface area contributed by atoms with Gasteiger partial charge < -0.3 is 4.55 Å². The Morgan fingerprint density at radius 1 is 0.900 bits per heavy atom. The Morgan fingerprint density at radius 2 is 1.15 bits per heavy atom. The van der Waals surface area contributed by atoms with Gasteiger partial charge in [-0.25, -0.2) is 8.42 Å². The maximum atomic E-state index is 9.79. The topological polar surface area (TPSA) is 112 Å². The number of hydrogen-bond donors (Lipinski definition) is 2. The minimum absolute atomic E-state index is 0.132. The van der Waals surface area contributed by atoms with Crippen LogP contribution >= 0.6 is 12.6 Å². The fraction of sp³-hybridized carbons (Fsp3) is 1.00. The molecule has 0 radical (unpaired) electrons. The largest absolute Gasteiger partial charge is 0.748 e. The van der Waals surface area contributed by atoms with Crippen molar-refractivity contribution in [2.24, 2.45) is 0 Å². The minimum atomic E-state index is -3.92. The first-order valence-electron chi connectivity index (χ1n) is 6.45. The van der Waals surface area contributed by atoms with Crippen LogP contribution in [0.25, 0.3) is 0 Å². The van der Waals surface area contributed by atoms with E-state index in [2.05, 4.69) is 26.5 Å². The highest BCUT2D eigenvalue weighted by atomic mass is 32.2. The van der Waals surface area contributed by atoms with Gasteiger partial charge in [0, 0.05) is 5.75 Å². The van der Waals surface area contributed by atoms with Crippen LogP contribution in [0.3, 0.4) is 0 Å². The molecule has 1 N–H and O–H groups in total. The Labute approximate surface area is 130 Å². The summed E-state index contributed by atoms with van der Waals surface area (Å²) in [6, 6.07) is 0. The van der Waals surface area contributed by atoms with Crippen molar-refractivity contribution in [2.75, 3.05) is 17.3 Å². The van der Waals surface area contributed by atoms with Crippen molar-refractivity contribution >= 4 is 32.9 Å². The molecule has 9 heteroatoms. The molecule has 0 atom stereocenters. The molecule has 0 spiro atoms. The van der Waals surface area contributed by atoms with Crippen molar-refractivity contribution in [3.05, 3.63) is 0 Å². The molecule has 0 fully saturated rings. The Hall–Kier alpha value is 0.170. The summed E-state index contributed by atoms with van der Waals surface area (Å²) in [6.45, 7) is 9.58. The van der Waals surface area contributed by atoms with Gasteiger partial charge in [-0.1, -0.05) is 41.0 Å². The SMILES string of the molecule is CCC.CCCS(=O)(=O)O.CCCS(=O)(=O)[O-].CCS. The van der Waals surface area contributed by atoms with E-state index in [0.717, 1.165) is 5.75 Å². The summed E-state index contributed by atoms with van der Waals surface area (Å²) in [4.78, 5) is 0. The molecule has 0 aliphatic heterocycles. The summed E-state index contributed by atoms with van der Waals surface area (Å²) in [7, 11) is -7.60. The second-order valence-corrected chi connectivity index (χ2v) is 7.30. The zero-order chi connectivity index (χ0) is 17.2. The van der Waals surface area contributed by atoms with Crippen LogP contribution in [0, 0.1) is 0 Å². The molecule has 0 rings (SSSR count). The average molecular weight is 354 g/mol. The second kappa shape index (κ2) is 19.2. The second-order valence-electron chi connectivity index (χ2n) is 3.57. The molecule has 0 unspecified atom stereocenters. The predicted molar refractivity (Wildman–Crippen MR) is 87.1 cm³/mol. The molecule has 6 nitrogen and oxygen atoms in total. The van der Waals surface area contributed by atoms with Crippen LogP contribution in [0.4, 0.5) is 0 Å². The minimum Gasteiger partial charge on any atom is -0.748 e. The fourth-order valence-electron chi connectivity index (χ4n) is 0.508. The van der Waals surface area contributed by atoms with Crippen LogP contribution in [0.5, 0.6) is 0 Å². The third-order valence-corrected chi connectivity index (χ3v) is 2.75. The van der Waals surface area contributed by atoms with Gasteiger partial charge in [-0.05, 0) is 18.6 Å². The first kappa shape index (κ1) is 28.3. The van der Waals surface area contributed by atoms with Crippen molar-refractivity contribution in [3.63, 3.8) is 0 Å². The number of thiol groups is 1. The van der Waals surface area contributed by atoms with Crippen molar-refractivity contribution < 1.29 is 25.9 Å². The summed E-state index contributed by atoms with van der Waals surface area (Å²) in [5.41, 5.74) is 0. The van der Waals surface area contributed by atoms with E-state index in [4.69, 9.17) is 4.55 Å². The van der Waals surface area contributed by atoms with E-state index in [1.807, 2.05) is 6.92 Å². The lowest BCUT2D eigenvalue weighted by molar-refractivity contribution is 0.462. The van der Waals surface area contributed by atoms with Gasteiger partial charge in [0.25, 0.3) is 10.1 Å². The van der Waals surface area contributed by atoms with Crippen LogP contribution in [0.1, 0.15) is 53.9 Å². The molecule has 128 valence electrons. The van der Waals surface area contributed by atoms with Crippen LogP contribution in [-0.2, 0) is 20.2 Å². The van der Waals surface area contributed by atoms with Crippen LogP contribution in [0.2, 0.25) is 0 Å². The van der Waals surface area contributed by atoms with Gasteiger partial charge in [-0.3, -0.25) is 4.55 Å². The summed E-state index contributed by atoms with van der Waals surface area (Å²) in [5.74, 6) is 0.569. The van der Waals surface area contributed by atoms with Crippen LogP contribution < -0.4 is 0 Å². The quantitative estimate of drug-likeness (QED) is 0.593. The summed E-state index contributed by atoms with van der Waals surface area (Å²) in [5, 5.41) is 0. The molecule has 0 aromatic heterocycles. The first-order chi connectivity index (χ1) is 8.95. The van der Waals surface area contributed by atoms with Gasteiger partial charge in [0.1, 0.15) is 0 Å². The molecule has 0 aromatic carbocycles. The lowest BCUT2D eigenvalue weighted by Gasteiger charge is -2.00. The molecule has 0 aromatic rings. The van der Waals surface area contributed by atoms with E-state index in [1.54, 1.807) is 13.8 Å². The fourth-order valence-corrected chi connectivity index (χ4v) is 1.52. The first-order valence-corrected chi connectivity index (χ1v) is 10.3. The van der Waals surface area contributed by atoms with E-state index in [1.165, 1.54) is 6.42 Å². The van der Waals surface area contributed by atoms with E-state index in [-0.39, 0.29) is 11.5 Å². The zero-order valence-electron chi connectivity index (χ0n) is 13.0. The molecule has 0 heterocycles. The monoisotopic (exact) mass is 353 g/mol. The van der Waals surface area contributed by atoms with Gasteiger partial charge in [0.2, 0.25) is 0 Å². The molecule has 0 aliphatic carbocycles. The molecule has 0 amide bonds. The van der Waals surface area contributed by atoms with E-state index in [9.17, 15) is 21.4 Å². The van der Waals surface area contributed by atoms with Gasteiger partial charge in [0.15, 0.2) is 0 Å². The van der Waals surface area contributed by atoms with Gasteiger partial charge in [-0.15, -0.1) is 0 Å². The van der Waals surface area contributed by atoms with Crippen molar-refractivity contribution in [3.8, 4) is 0 Å². The zero-order valence-corrected chi connectivity index (χ0v) is 15.5. The third kappa shape index (κ3) is 80.3. The van der Waals surface area contributed by atoms with E-state index in [0.29, 0.717) is 12.8 Å². The maximum Gasteiger partial charge on any atom is 0.264 e. The summed E-state index contributed by atoms with van der Waals surface area (Å²) >= 11 is 3.79. The van der Waals surface area contributed by atoms with Crippen LogP contribution in [-0.4, -0.2) is 43.2 Å². The number of hydrogen-bond acceptors (Lipinski definition) is 6. The number of rotatable bonds is 4. The highest BCUT2D eigenvalue weighted by molar-refractivity contribution is 7.85. The molecular formula is C11H29O6S3-. The standard InChI is InChI=1S/2C3H8O3S.C3H8.C2H6S/c2*1-2-3-7(4,5)6;1-3-2;1-2-3/h2*2-3H2,1H3,(H,4,5,6);3H2,1-2H3;3H,2H2,1H3/p-1. The maximum absolute atomic E-state index is 9.79. The van der Waals surface area contributed by atoms with Crippen LogP contribution in [0.15, 0.2) is 0 Å². The summed E-state index contributed by atoms with van der Waals surface area (Å²) in [6.07, 6.45) is 2.13. The Bertz CT molecular complexity index is 312. The smallest absolute Gasteiger partial charge is 0.264 e. The highest BCUT2D eigenvalue weighted by Gasteiger charge is 1.98. The normalized spacial score (nSPS) is 10.0. The van der Waals surface area contributed by atoms with Gasteiger partial charge in [0.05, 0.1) is 15.9 Å². The third-order valence-electron chi connectivity index (χ3n) is 0.916. The van der Waals surface area contributed by atoms with Crippen molar-refractivity contribution in [2.45, 2.75) is 53.9 Å². The Kier molecular flexibility index (Phi) is 27.2. The summed E-state index contributed by atoms with van der Waals surface area (Å²) < 4.78 is 56.6.